The fourth-order valence-electron chi connectivity index (χ4n) is 1.57. The van der Waals surface area contributed by atoms with Gasteiger partial charge in [0.25, 0.3) is 0 Å². The summed E-state index contributed by atoms with van der Waals surface area (Å²) in [4.78, 5) is 10.7. The number of rotatable bonds is 1. The minimum atomic E-state index is -0.658. The predicted molar refractivity (Wildman–Crippen MR) is 53.5 cm³/mol. The molecule has 1 N–H and O–H groups in total. The van der Waals surface area contributed by atoms with E-state index in [4.69, 9.17) is 4.42 Å². The molecule has 0 spiro atoms. The molecule has 0 aliphatic heterocycles. The Kier molecular flexibility index (Phi) is 1.44. The summed E-state index contributed by atoms with van der Waals surface area (Å²) < 4.78 is 5.82. The number of aliphatic hydroxyl groups is 1. The molecule has 3 nitrogen and oxygen atoms in total. The van der Waals surface area contributed by atoms with Crippen LogP contribution in [0.5, 0.6) is 0 Å². The van der Waals surface area contributed by atoms with Crippen LogP contribution in [0.1, 0.15) is 18.4 Å². The summed E-state index contributed by atoms with van der Waals surface area (Å²) in [5.74, 6) is 0. The monoisotopic (exact) mass is 208 g/mol. The van der Waals surface area contributed by atoms with Crippen LogP contribution < -0.4 is 4.94 Å². The van der Waals surface area contributed by atoms with Gasteiger partial charge in [-0.3, -0.25) is 0 Å². The molecule has 2 aromatic rings. The SMILES string of the molecule is O=c1oc2cc(C3(O)CC3)ccc2s1. The van der Waals surface area contributed by atoms with Crippen LogP contribution in [0, 0.1) is 0 Å². The topological polar surface area (TPSA) is 50.4 Å². The molecule has 0 amide bonds. The van der Waals surface area contributed by atoms with Crippen molar-refractivity contribution < 1.29 is 9.52 Å². The smallest absolute Gasteiger partial charge is 0.396 e. The van der Waals surface area contributed by atoms with Crippen molar-refractivity contribution in [2.75, 3.05) is 0 Å². The number of hydrogen-bond acceptors (Lipinski definition) is 4. The van der Waals surface area contributed by atoms with Crippen LogP contribution in [0.3, 0.4) is 0 Å². The number of fused-ring (bicyclic) bond motifs is 1. The Morgan fingerprint density at radius 2 is 2.21 bits per heavy atom. The van der Waals surface area contributed by atoms with Crippen molar-refractivity contribution in [3.8, 4) is 0 Å². The molecule has 1 fully saturated rings. The van der Waals surface area contributed by atoms with Crippen molar-refractivity contribution in [1.82, 2.24) is 0 Å². The summed E-state index contributed by atoms with van der Waals surface area (Å²) in [5, 5.41) is 9.85. The second-order valence-electron chi connectivity index (χ2n) is 3.65. The third kappa shape index (κ3) is 1.11. The molecule has 1 aromatic heterocycles. The molecule has 0 bridgehead atoms. The van der Waals surface area contributed by atoms with Gasteiger partial charge in [0, 0.05) is 0 Å². The van der Waals surface area contributed by atoms with Gasteiger partial charge in [0.15, 0.2) is 0 Å². The molecule has 4 heteroatoms. The number of benzene rings is 1. The van der Waals surface area contributed by atoms with E-state index in [-0.39, 0.29) is 4.94 Å². The summed E-state index contributed by atoms with van der Waals surface area (Å²) in [5.41, 5.74) is 0.777. The van der Waals surface area contributed by atoms with Gasteiger partial charge < -0.3 is 9.52 Å². The zero-order valence-electron chi connectivity index (χ0n) is 7.32. The van der Waals surface area contributed by atoms with Crippen molar-refractivity contribution in [2.45, 2.75) is 18.4 Å². The minimum absolute atomic E-state index is 0.292. The molecule has 1 aliphatic carbocycles. The van der Waals surface area contributed by atoms with Gasteiger partial charge >= 0.3 is 4.94 Å². The van der Waals surface area contributed by atoms with Gasteiger partial charge in [-0.2, -0.15) is 0 Å². The zero-order chi connectivity index (χ0) is 9.76. The Labute approximate surface area is 83.6 Å². The van der Waals surface area contributed by atoms with Crippen LogP contribution in [-0.4, -0.2) is 5.11 Å². The molecule has 14 heavy (non-hydrogen) atoms. The molecule has 1 aliphatic rings. The molecule has 0 saturated heterocycles. The first kappa shape index (κ1) is 8.20. The molecule has 1 heterocycles. The molecule has 0 atom stereocenters. The lowest BCUT2D eigenvalue weighted by Gasteiger charge is -2.06. The summed E-state index contributed by atoms with van der Waals surface area (Å²) in [7, 11) is 0. The van der Waals surface area contributed by atoms with Gasteiger partial charge in [0.2, 0.25) is 0 Å². The van der Waals surface area contributed by atoms with E-state index in [1.807, 2.05) is 12.1 Å². The highest BCUT2D eigenvalue weighted by atomic mass is 32.1. The van der Waals surface area contributed by atoms with E-state index < -0.39 is 5.60 Å². The zero-order valence-corrected chi connectivity index (χ0v) is 8.13. The van der Waals surface area contributed by atoms with E-state index in [1.165, 1.54) is 0 Å². The van der Waals surface area contributed by atoms with Gasteiger partial charge in [-0.05, 0) is 30.5 Å². The minimum Gasteiger partial charge on any atom is -0.414 e. The van der Waals surface area contributed by atoms with E-state index in [0.717, 1.165) is 34.4 Å². The third-order valence-corrected chi connectivity index (χ3v) is 3.40. The first-order chi connectivity index (χ1) is 6.67. The maximum absolute atomic E-state index is 11.0. The van der Waals surface area contributed by atoms with Crippen LogP contribution in [0.25, 0.3) is 10.3 Å². The second-order valence-corrected chi connectivity index (χ2v) is 4.62. The summed E-state index contributed by atoms with van der Waals surface area (Å²) in [6.07, 6.45) is 1.60. The molecule has 3 rings (SSSR count). The van der Waals surface area contributed by atoms with Crippen LogP contribution in [0.4, 0.5) is 0 Å². The van der Waals surface area contributed by atoms with E-state index in [1.54, 1.807) is 6.07 Å². The van der Waals surface area contributed by atoms with Gasteiger partial charge in [-0.25, -0.2) is 4.79 Å². The third-order valence-electron chi connectivity index (χ3n) is 2.59. The highest BCUT2D eigenvalue weighted by molar-refractivity contribution is 7.16. The second kappa shape index (κ2) is 2.46. The summed E-state index contributed by atoms with van der Waals surface area (Å²) in [6.45, 7) is 0. The van der Waals surface area contributed by atoms with Crippen molar-refractivity contribution in [1.29, 1.82) is 0 Å². The lowest BCUT2D eigenvalue weighted by atomic mass is 10.1. The van der Waals surface area contributed by atoms with Gasteiger partial charge in [0.1, 0.15) is 5.58 Å². The number of hydrogen-bond donors (Lipinski definition) is 1. The molecular formula is C10H8O3S. The largest absolute Gasteiger partial charge is 0.414 e. The van der Waals surface area contributed by atoms with Crippen LogP contribution in [0.15, 0.2) is 27.4 Å². The summed E-state index contributed by atoms with van der Waals surface area (Å²) >= 11 is 1.09. The molecule has 1 saturated carbocycles. The van der Waals surface area contributed by atoms with Crippen molar-refractivity contribution in [3.63, 3.8) is 0 Å². The molecular weight excluding hydrogens is 200 g/mol. The van der Waals surface area contributed by atoms with Crippen molar-refractivity contribution >= 4 is 21.6 Å². The van der Waals surface area contributed by atoms with E-state index in [2.05, 4.69) is 0 Å². The van der Waals surface area contributed by atoms with E-state index in [9.17, 15) is 9.90 Å². The predicted octanol–water partition coefficient (Wildman–Crippen LogP) is 1.84. The van der Waals surface area contributed by atoms with Crippen LogP contribution in [0.2, 0.25) is 0 Å². The standard InChI is InChI=1S/C10H8O3S/c11-9-13-7-5-6(10(12)3-4-10)1-2-8(7)14-9/h1-2,5,12H,3-4H2. The van der Waals surface area contributed by atoms with Crippen molar-refractivity contribution in [2.24, 2.45) is 0 Å². The Hall–Kier alpha value is -1.13. The fraction of sp³-hybridized carbons (Fsp3) is 0.300. The van der Waals surface area contributed by atoms with E-state index in [0.29, 0.717) is 5.58 Å². The molecule has 0 unspecified atom stereocenters. The van der Waals surface area contributed by atoms with E-state index >= 15 is 0 Å². The Morgan fingerprint density at radius 3 is 2.93 bits per heavy atom. The highest BCUT2D eigenvalue weighted by Crippen LogP contribution is 2.45. The first-order valence-corrected chi connectivity index (χ1v) is 5.26. The maximum atomic E-state index is 11.0. The average molecular weight is 208 g/mol. The Morgan fingerprint density at radius 1 is 1.43 bits per heavy atom. The molecule has 1 aromatic carbocycles. The molecule has 0 radical (unpaired) electrons. The maximum Gasteiger partial charge on any atom is 0.396 e. The Balaban J connectivity index is 2.24. The highest BCUT2D eigenvalue weighted by Gasteiger charge is 2.42. The lowest BCUT2D eigenvalue weighted by Crippen LogP contribution is -2.02. The normalized spacial score (nSPS) is 18.6. The quantitative estimate of drug-likeness (QED) is 0.777. The summed E-state index contributed by atoms with van der Waals surface area (Å²) in [6, 6.07) is 5.46. The van der Waals surface area contributed by atoms with Crippen LogP contribution in [-0.2, 0) is 5.60 Å². The average Bonchev–Trinajstić information content (AvgIpc) is 2.79. The molecule has 72 valence electrons. The first-order valence-electron chi connectivity index (χ1n) is 4.44. The lowest BCUT2D eigenvalue weighted by molar-refractivity contribution is 0.151. The fourth-order valence-corrected chi connectivity index (χ4v) is 2.22. The van der Waals surface area contributed by atoms with Gasteiger partial charge in [-0.1, -0.05) is 17.4 Å². The van der Waals surface area contributed by atoms with Gasteiger partial charge in [-0.15, -0.1) is 0 Å². The van der Waals surface area contributed by atoms with Gasteiger partial charge in [0.05, 0.1) is 10.3 Å². The van der Waals surface area contributed by atoms with Crippen molar-refractivity contribution in [3.05, 3.63) is 33.5 Å². The Bertz CT molecular complexity index is 548. The van der Waals surface area contributed by atoms with Crippen LogP contribution >= 0.6 is 11.3 Å².